The first-order valence-corrected chi connectivity index (χ1v) is 17.3. The predicted molar refractivity (Wildman–Crippen MR) is 133 cm³/mol. The van der Waals surface area contributed by atoms with E-state index in [0.29, 0.717) is 13.0 Å². The molecule has 176 valence electrons. The summed E-state index contributed by atoms with van der Waals surface area (Å²) in [5.74, 6) is 5.16. The van der Waals surface area contributed by atoms with Crippen LogP contribution in [0.25, 0.3) is 0 Å². The van der Waals surface area contributed by atoms with Crippen molar-refractivity contribution < 1.29 is 18.4 Å². The maximum atomic E-state index is 11.6. The third-order valence-corrected chi connectivity index (χ3v) is 15.5. The molecule has 0 radical (unpaired) electrons. The Balaban J connectivity index is 5.60. The van der Waals surface area contributed by atoms with E-state index >= 15 is 0 Å². The lowest BCUT2D eigenvalue weighted by Crippen LogP contribution is -2.47. The Labute approximate surface area is 189 Å². The topological polar surface area (TPSA) is 44.8 Å². The standard InChI is InChI=1S/C24H48O4Si2/c1-13-16-20(27-29(9,10)23(3,4)5)19-21(17-15-18-22(25)26-14-2)28-30(11,12)24(6,7)8/h20-21H,13-14,16-17,19H2,1-12H3/t20-,21-/m0/s1. The van der Waals surface area contributed by atoms with E-state index in [2.05, 4.69) is 86.5 Å². The highest BCUT2D eigenvalue weighted by Crippen LogP contribution is 2.40. The van der Waals surface area contributed by atoms with Crippen LogP contribution in [0.2, 0.25) is 36.3 Å². The van der Waals surface area contributed by atoms with E-state index in [-0.39, 0.29) is 22.3 Å². The molecule has 0 spiro atoms. The fourth-order valence-electron chi connectivity index (χ4n) is 2.60. The van der Waals surface area contributed by atoms with Gasteiger partial charge in [0, 0.05) is 18.4 Å². The first kappa shape index (κ1) is 29.4. The van der Waals surface area contributed by atoms with Gasteiger partial charge in [-0.1, -0.05) is 60.8 Å². The lowest BCUT2D eigenvalue weighted by Gasteiger charge is -2.42. The predicted octanol–water partition coefficient (Wildman–Crippen LogP) is 6.91. The van der Waals surface area contributed by atoms with Crippen molar-refractivity contribution in [1.29, 1.82) is 0 Å². The highest BCUT2D eigenvalue weighted by atomic mass is 28.4. The average Bonchev–Trinajstić information content (AvgIpc) is 2.52. The molecule has 0 unspecified atom stereocenters. The molecule has 0 heterocycles. The smallest absolute Gasteiger partial charge is 0.384 e. The number of carbonyl (C=O) groups excluding carboxylic acids is 1. The van der Waals surface area contributed by atoms with Crippen molar-refractivity contribution in [2.75, 3.05) is 6.61 Å². The molecular formula is C24H48O4Si2. The molecule has 0 aromatic carbocycles. The molecule has 30 heavy (non-hydrogen) atoms. The van der Waals surface area contributed by atoms with Gasteiger partial charge in [-0.05, 0) is 56.0 Å². The van der Waals surface area contributed by atoms with E-state index in [9.17, 15) is 4.79 Å². The molecular weight excluding hydrogens is 408 g/mol. The van der Waals surface area contributed by atoms with Crippen molar-refractivity contribution in [1.82, 2.24) is 0 Å². The van der Waals surface area contributed by atoms with Crippen molar-refractivity contribution in [3.05, 3.63) is 0 Å². The lowest BCUT2D eigenvalue weighted by atomic mass is 10.1. The summed E-state index contributed by atoms with van der Waals surface area (Å²) >= 11 is 0. The first-order chi connectivity index (χ1) is 13.5. The minimum Gasteiger partial charge on any atom is -0.456 e. The summed E-state index contributed by atoms with van der Waals surface area (Å²) in [6.07, 6.45) is 3.51. The van der Waals surface area contributed by atoms with Gasteiger partial charge in [0.15, 0.2) is 16.6 Å². The second-order valence-corrected chi connectivity index (χ2v) is 20.8. The SMILES string of the molecule is CCC[C@@H](C[C@H](CC#CC(=O)OCC)O[Si](C)(C)C(C)(C)C)O[Si](C)(C)C(C)(C)C. The fraction of sp³-hybridized carbons (Fsp3) is 0.875. The zero-order valence-electron chi connectivity index (χ0n) is 21.8. The summed E-state index contributed by atoms with van der Waals surface area (Å²) in [6.45, 7) is 27.0. The second-order valence-electron chi connectivity index (χ2n) is 11.3. The molecule has 0 saturated heterocycles. The second kappa shape index (κ2) is 11.8. The first-order valence-electron chi connectivity index (χ1n) is 11.5. The van der Waals surface area contributed by atoms with Gasteiger partial charge in [0.1, 0.15) is 0 Å². The molecule has 0 aromatic heterocycles. The molecule has 0 N–H and O–H groups in total. The summed E-state index contributed by atoms with van der Waals surface area (Å²) in [6, 6.07) is 0. The molecule has 0 aliphatic carbocycles. The Morgan fingerprint density at radius 3 is 1.73 bits per heavy atom. The van der Waals surface area contributed by atoms with E-state index in [1.807, 2.05) is 0 Å². The quantitative estimate of drug-likeness (QED) is 0.155. The summed E-state index contributed by atoms with van der Waals surface area (Å²) in [4.78, 5) is 11.6. The maximum absolute atomic E-state index is 11.6. The van der Waals surface area contributed by atoms with Crippen LogP contribution < -0.4 is 0 Å². The molecule has 4 nitrogen and oxygen atoms in total. The number of carbonyl (C=O) groups is 1. The highest BCUT2D eigenvalue weighted by molar-refractivity contribution is 6.74. The van der Waals surface area contributed by atoms with Crippen molar-refractivity contribution in [3.8, 4) is 11.8 Å². The van der Waals surface area contributed by atoms with Crippen molar-refractivity contribution in [3.63, 3.8) is 0 Å². The van der Waals surface area contributed by atoms with Gasteiger partial charge in [-0.25, -0.2) is 4.79 Å². The molecule has 0 amide bonds. The van der Waals surface area contributed by atoms with E-state index < -0.39 is 22.6 Å². The van der Waals surface area contributed by atoms with Gasteiger partial charge >= 0.3 is 5.97 Å². The highest BCUT2D eigenvalue weighted by Gasteiger charge is 2.41. The van der Waals surface area contributed by atoms with Gasteiger partial charge in [-0.2, -0.15) is 0 Å². The van der Waals surface area contributed by atoms with Crippen LogP contribution in [0.4, 0.5) is 0 Å². The van der Waals surface area contributed by atoms with E-state index in [1.54, 1.807) is 6.92 Å². The summed E-state index contributed by atoms with van der Waals surface area (Å²) in [5, 5.41) is 0.277. The average molecular weight is 457 g/mol. The van der Waals surface area contributed by atoms with E-state index in [4.69, 9.17) is 13.6 Å². The van der Waals surface area contributed by atoms with Gasteiger partial charge in [-0.3, -0.25) is 0 Å². The van der Waals surface area contributed by atoms with Crippen LogP contribution in [-0.2, 0) is 18.4 Å². The molecule has 0 saturated carbocycles. The van der Waals surface area contributed by atoms with Gasteiger partial charge in [-0.15, -0.1) is 0 Å². The minimum absolute atomic E-state index is 0.0471. The Morgan fingerprint density at radius 2 is 1.33 bits per heavy atom. The van der Waals surface area contributed by atoms with Crippen LogP contribution in [0.5, 0.6) is 0 Å². The Hall–Kier alpha value is -0.616. The largest absolute Gasteiger partial charge is 0.456 e. The molecule has 0 aromatic rings. The van der Waals surface area contributed by atoms with E-state index in [0.717, 1.165) is 19.3 Å². The molecule has 0 aliphatic rings. The lowest BCUT2D eigenvalue weighted by molar-refractivity contribution is -0.136. The summed E-state index contributed by atoms with van der Waals surface area (Å²) < 4.78 is 18.5. The maximum Gasteiger partial charge on any atom is 0.384 e. The Bertz CT molecular complexity index is 589. The molecule has 0 bridgehead atoms. The van der Waals surface area contributed by atoms with Crippen molar-refractivity contribution in [2.45, 2.75) is 130 Å². The van der Waals surface area contributed by atoms with Crippen LogP contribution >= 0.6 is 0 Å². The summed E-state index contributed by atoms with van der Waals surface area (Å²) in [7, 11) is -3.86. The molecule has 0 aliphatic heterocycles. The third-order valence-electron chi connectivity index (χ3n) is 6.47. The molecule has 0 rings (SSSR count). The van der Waals surface area contributed by atoms with Crippen LogP contribution in [0.15, 0.2) is 0 Å². The number of ether oxygens (including phenoxy) is 1. The van der Waals surface area contributed by atoms with Gasteiger partial charge in [0.2, 0.25) is 0 Å². The van der Waals surface area contributed by atoms with Crippen LogP contribution in [0, 0.1) is 11.8 Å². The zero-order valence-corrected chi connectivity index (χ0v) is 23.8. The Morgan fingerprint density at radius 1 is 0.867 bits per heavy atom. The zero-order chi connectivity index (χ0) is 23.8. The fourth-order valence-corrected chi connectivity index (χ4v) is 5.37. The van der Waals surface area contributed by atoms with Crippen LogP contribution in [-0.4, -0.2) is 41.4 Å². The van der Waals surface area contributed by atoms with Gasteiger partial charge in [0.05, 0.1) is 12.7 Å². The van der Waals surface area contributed by atoms with E-state index in [1.165, 1.54) is 0 Å². The van der Waals surface area contributed by atoms with Crippen LogP contribution in [0.1, 0.15) is 81.1 Å². The number of esters is 1. The van der Waals surface area contributed by atoms with Gasteiger partial charge < -0.3 is 13.6 Å². The molecule has 2 atom stereocenters. The summed E-state index contributed by atoms with van der Waals surface area (Å²) in [5.41, 5.74) is 0. The number of rotatable bonds is 10. The minimum atomic E-state index is -1.97. The molecule has 0 fully saturated rings. The number of hydrogen-bond donors (Lipinski definition) is 0. The molecule has 6 heteroatoms. The third kappa shape index (κ3) is 10.1. The van der Waals surface area contributed by atoms with Crippen molar-refractivity contribution >= 4 is 22.6 Å². The normalized spacial score (nSPS) is 15.2. The monoisotopic (exact) mass is 456 g/mol. The van der Waals surface area contributed by atoms with Gasteiger partial charge in [0.25, 0.3) is 0 Å². The van der Waals surface area contributed by atoms with Crippen molar-refractivity contribution in [2.24, 2.45) is 0 Å². The Kier molecular flexibility index (Phi) is 11.6. The number of hydrogen-bond acceptors (Lipinski definition) is 4. The van der Waals surface area contributed by atoms with Crippen LogP contribution in [0.3, 0.4) is 0 Å².